The minimum Gasteiger partial charge on any atom is -0.322 e. The first-order valence-corrected chi connectivity index (χ1v) is 9.66. The van der Waals surface area contributed by atoms with Crippen molar-refractivity contribution in [3.8, 4) is 0 Å². The van der Waals surface area contributed by atoms with Crippen LogP contribution in [0, 0.1) is 0 Å². The Morgan fingerprint density at radius 1 is 0.964 bits per heavy atom. The van der Waals surface area contributed by atoms with E-state index in [-0.39, 0.29) is 17.7 Å². The van der Waals surface area contributed by atoms with Gasteiger partial charge in [-0.25, -0.2) is 0 Å². The number of fused-ring (bicyclic) bond motifs is 1. The van der Waals surface area contributed by atoms with Gasteiger partial charge in [0, 0.05) is 49.1 Å². The van der Waals surface area contributed by atoms with E-state index in [1.54, 1.807) is 28.9 Å². The summed E-state index contributed by atoms with van der Waals surface area (Å²) in [6, 6.07) is 12.8. The zero-order chi connectivity index (χ0) is 19.7. The fourth-order valence-corrected chi connectivity index (χ4v) is 3.88. The summed E-state index contributed by atoms with van der Waals surface area (Å²) in [6.07, 6.45) is 3.33. The highest BCUT2D eigenvalue weighted by molar-refractivity contribution is 6.05. The third-order valence-corrected chi connectivity index (χ3v) is 5.38. The molecule has 144 valence electrons. The highest BCUT2D eigenvalue weighted by atomic mass is 16.2. The van der Waals surface area contributed by atoms with Gasteiger partial charge < -0.3 is 15.1 Å². The first-order chi connectivity index (χ1) is 13.5. The summed E-state index contributed by atoms with van der Waals surface area (Å²) >= 11 is 0. The number of rotatable bonds is 3. The molecule has 2 aliphatic heterocycles. The van der Waals surface area contributed by atoms with Crippen molar-refractivity contribution in [1.29, 1.82) is 0 Å². The Morgan fingerprint density at radius 2 is 1.75 bits per heavy atom. The summed E-state index contributed by atoms with van der Waals surface area (Å²) in [5.41, 5.74) is 4.07. The number of anilines is 3. The molecule has 28 heavy (non-hydrogen) atoms. The van der Waals surface area contributed by atoms with Crippen LogP contribution >= 0.6 is 0 Å². The van der Waals surface area contributed by atoms with Crippen molar-refractivity contribution in [3.05, 3.63) is 53.6 Å². The lowest BCUT2D eigenvalue weighted by Gasteiger charge is -2.26. The standard InChI is InChI=1S/C22H23N3O3/c1-15(26)24-13-11-17-14-18(7-10-20(17)24)23-22(28)16-5-8-19(9-6-16)25-12-3-2-4-21(25)27/h5-10,14H,2-4,11-13H2,1H3,(H,23,28). The van der Waals surface area contributed by atoms with Gasteiger partial charge in [0.05, 0.1) is 0 Å². The predicted octanol–water partition coefficient (Wildman–Crippen LogP) is 3.36. The maximum Gasteiger partial charge on any atom is 0.255 e. The van der Waals surface area contributed by atoms with E-state index in [9.17, 15) is 14.4 Å². The fourth-order valence-electron chi connectivity index (χ4n) is 3.88. The second kappa shape index (κ2) is 7.46. The van der Waals surface area contributed by atoms with Gasteiger partial charge in [0.25, 0.3) is 5.91 Å². The van der Waals surface area contributed by atoms with Crippen LogP contribution in [-0.2, 0) is 16.0 Å². The molecular formula is C22H23N3O3. The lowest BCUT2D eigenvalue weighted by atomic mass is 10.1. The van der Waals surface area contributed by atoms with Crippen LogP contribution in [0.2, 0.25) is 0 Å². The Balaban J connectivity index is 1.45. The molecule has 1 saturated heterocycles. The first-order valence-electron chi connectivity index (χ1n) is 9.66. The summed E-state index contributed by atoms with van der Waals surface area (Å²) in [6.45, 7) is 2.97. The van der Waals surface area contributed by atoms with E-state index in [1.165, 1.54) is 0 Å². The van der Waals surface area contributed by atoms with Gasteiger partial charge in [-0.05, 0) is 67.3 Å². The van der Waals surface area contributed by atoms with Crippen molar-refractivity contribution in [2.75, 3.05) is 28.2 Å². The topological polar surface area (TPSA) is 69.7 Å². The molecule has 6 nitrogen and oxygen atoms in total. The molecule has 2 heterocycles. The molecule has 0 spiro atoms. The molecule has 4 rings (SSSR count). The van der Waals surface area contributed by atoms with E-state index in [0.717, 1.165) is 42.7 Å². The van der Waals surface area contributed by atoms with Gasteiger partial charge in [-0.3, -0.25) is 14.4 Å². The van der Waals surface area contributed by atoms with Crippen LogP contribution in [0.3, 0.4) is 0 Å². The average molecular weight is 377 g/mol. The van der Waals surface area contributed by atoms with Crippen LogP contribution in [0.25, 0.3) is 0 Å². The van der Waals surface area contributed by atoms with Crippen LogP contribution in [-0.4, -0.2) is 30.8 Å². The van der Waals surface area contributed by atoms with Gasteiger partial charge in [0.15, 0.2) is 0 Å². The molecule has 0 saturated carbocycles. The Labute approximate surface area is 164 Å². The second-order valence-electron chi connectivity index (χ2n) is 7.27. The smallest absolute Gasteiger partial charge is 0.255 e. The van der Waals surface area contributed by atoms with Crippen LogP contribution < -0.4 is 15.1 Å². The Hall–Kier alpha value is -3.15. The van der Waals surface area contributed by atoms with Gasteiger partial charge >= 0.3 is 0 Å². The van der Waals surface area contributed by atoms with Crippen LogP contribution in [0.4, 0.5) is 17.1 Å². The van der Waals surface area contributed by atoms with Crippen LogP contribution in [0.15, 0.2) is 42.5 Å². The maximum absolute atomic E-state index is 12.6. The minimum atomic E-state index is -0.196. The van der Waals surface area contributed by atoms with Crippen molar-refractivity contribution in [1.82, 2.24) is 0 Å². The van der Waals surface area contributed by atoms with E-state index in [2.05, 4.69) is 5.32 Å². The van der Waals surface area contributed by atoms with E-state index in [0.29, 0.717) is 24.2 Å². The fraction of sp³-hybridized carbons (Fsp3) is 0.318. The molecule has 0 bridgehead atoms. The molecule has 0 aromatic heterocycles. The van der Waals surface area contributed by atoms with Crippen LogP contribution in [0.1, 0.15) is 42.1 Å². The average Bonchev–Trinajstić information content (AvgIpc) is 3.12. The molecule has 2 aliphatic rings. The molecule has 0 aliphatic carbocycles. The molecule has 0 unspecified atom stereocenters. The molecule has 3 amide bonds. The Kier molecular flexibility index (Phi) is 4.86. The van der Waals surface area contributed by atoms with E-state index in [4.69, 9.17) is 0 Å². The Morgan fingerprint density at radius 3 is 2.46 bits per heavy atom. The predicted molar refractivity (Wildman–Crippen MR) is 109 cm³/mol. The van der Waals surface area contributed by atoms with E-state index >= 15 is 0 Å². The molecule has 1 fully saturated rings. The third-order valence-electron chi connectivity index (χ3n) is 5.38. The monoisotopic (exact) mass is 377 g/mol. The number of hydrogen-bond acceptors (Lipinski definition) is 3. The highest BCUT2D eigenvalue weighted by Crippen LogP contribution is 2.30. The first kappa shape index (κ1) is 18.2. The SMILES string of the molecule is CC(=O)N1CCc2cc(NC(=O)c3ccc(N4CCCCC4=O)cc3)ccc21. The number of nitrogens with zero attached hydrogens (tertiary/aromatic N) is 2. The van der Waals surface area contributed by atoms with Crippen molar-refractivity contribution in [3.63, 3.8) is 0 Å². The van der Waals surface area contributed by atoms with Gasteiger partial charge in [0.2, 0.25) is 11.8 Å². The number of piperidine rings is 1. The molecule has 0 radical (unpaired) electrons. The molecule has 0 atom stereocenters. The van der Waals surface area contributed by atoms with Gasteiger partial charge in [-0.2, -0.15) is 0 Å². The quantitative estimate of drug-likeness (QED) is 0.892. The summed E-state index contributed by atoms with van der Waals surface area (Å²) < 4.78 is 0. The number of hydrogen-bond donors (Lipinski definition) is 1. The number of nitrogens with one attached hydrogen (secondary N) is 1. The molecule has 2 aromatic rings. The number of carbonyl (C=O) groups excluding carboxylic acids is 3. The maximum atomic E-state index is 12.6. The normalized spacial score (nSPS) is 16.1. The van der Waals surface area contributed by atoms with E-state index in [1.807, 2.05) is 30.3 Å². The van der Waals surface area contributed by atoms with Gasteiger partial charge in [-0.1, -0.05) is 0 Å². The summed E-state index contributed by atoms with van der Waals surface area (Å²) in [7, 11) is 0. The van der Waals surface area contributed by atoms with Crippen molar-refractivity contribution >= 4 is 34.8 Å². The molecule has 1 N–H and O–H groups in total. The lowest BCUT2D eigenvalue weighted by molar-refractivity contribution is -0.119. The number of amides is 3. The van der Waals surface area contributed by atoms with Crippen molar-refractivity contribution in [2.24, 2.45) is 0 Å². The van der Waals surface area contributed by atoms with Gasteiger partial charge in [-0.15, -0.1) is 0 Å². The Bertz CT molecular complexity index is 937. The molecular weight excluding hydrogens is 354 g/mol. The van der Waals surface area contributed by atoms with Gasteiger partial charge in [0.1, 0.15) is 0 Å². The number of carbonyl (C=O) groups is 3. The minimum absolute atomic E-state index is 0.0304. The lowest BCUT2D eigenvalue weighted by Crippen LogP contribution is -2.35. The molecule has 2 aromatic carbocycles. The van der Waals surface area contributed by atoms with Crippen LogP contribution in [0.5, 0.6) is 0 Å². The molecule has 6 heteroatoms. The summed E-state index contributed by atoms with van der Waals surface area (Å²) in [5.74, 6) is -0.0260. The third kappa shape index (κ3) is 3.50. The summed E-state index contributed by atoms with van der Waals surface area (Å²) in [4.78, 5) is 39.8. The van der Waals surface area contributed by atoms with Crippen molar-refractivity contribution in [2.45, 2.75) is 32.6 Å². The largest absolute Gasteiger partial charge is 0.322 e. The highest BCUT2D eigenvalue weighted by Gasteiger charge is 2.23. The van der Waals surface area contributed by atoms with E-state index < -0.39 is 0 Å². The zero-order valence-corrected chi connectivity index (χ0v) is 15.9. The number of benzene rings is 2. The second-order valence-corrected chi connectivity index (χ2v) is 7.27. The zero-order valence-electron chi connectivity index (χ0n) is 15.9. The summed E-state index contributed by atoms with van der Waals surface area (Å²) in [5, 5.41) is 2.92. The van der Waals surface area contributed by atoms with Crippen molar-refractivity contribution < 1.29 is 14.4 Å².